The van der Waals surface area contributed by atoms with E-state index in [0.29, 0.717) is 40.4 Å². The van der Waals surface area contributed by atoms with E-state index in [2.05, 4.69) is 20.4 Å². The van der Waals surface area contributed by atoms with E-state index in [9.17, 15) is 18.0 Å². The van der Waals surface area contributed by atoms with Gasteiger partial charge in [0.2, 0.25) is 21.8 Å². The first-order chi connectivity index (χ1) is 19.5. The lowest BCUT2D eigenvalue weighted by atomic mass is 9.76. The average molecular weight is 623 g/mol. The molecule has 5 rings (SSSR count). The molecule has 0 radical (unpaired) electrons. The number of amides is 2. The highest BCUT2D eigenvalue weighted by Crippen LogP contribution is 2.47. The lowest BCUT2D eigenvalue weighted by Crippen LogP contribution is -2.59. The quantitative estimate of drug-likeness (QED) is 0.358. The van der Waals surface area contributed by atoms with Crippen LogP contribution in [0.4, 0.5) is 0 Å². The zero-order valence-electron chi connectivity index (χ0n) is 22.3. The molecule has 2 aromatic carbocycles. The number of carbonyl (C=O) groups excluding carboxylic acids is 2. The van der Waals surface area contributed by atoms with Crippen LogP contribution in [0.3, 0.4) is 0 Å². The Morgan fingerprint density at radius 2 is 1.88 bits per heavy atom. The highest BCUT2D eigenvalue weighted by molar-refractivity contribution is 7.88. The first kappa shape index (κ1) is 29.5. The summed E-state index contributed by atoms with van der Waals surface area (Å²) in [7, 11) is -3.59. The van der Waals surface area contributed by atoms with Crippen molar-refractivity contribution in [2.24, 2.45) is 0 Å². The number of aryl methyl sites for hydroxylation is 1. The molecular formula is C27H29Cl2N5O6S. The number of rotatable bonds is 8. The van der Waals surface area contributed by atoms with Crippen LogP contribution in [-0.4, -0.2) is 53.7 Å². The van der Waals surface area contributed by atoms with Gasteiger partial charge in [-0.15, -0.1) is 10.2 Å². The summed E-state index contributed by atoms with van der Waals surface area (Å²) in [5.41, 5.74) is 3.81. The highest BCUT2D eigenvalue weighted by atomic mass is 35.5. The standard InChI is InChI=1S/C27H29Cl2N5O6S/c1-15-30-31-23(40-15)14-39-32-26(35)24-17-7-3-4-8-18(17)27(36)34(25(24)19-12-11-16(28)13-20(19)29)22-10-6-5-9-21(22)33-41(2,37)38/h3-4,7-8,11-13,21-22,24-25,33H,5-6,9-10,14H2,1-2H3,(H,32,35)/t21-,22-,24+,25-/m0/s1. The maximum absolute atomic E-state index is 14.2. The topological polar surface area (TPSA) is 144 Å². The van der Waals surface area contributed by atoms with Crippen molar-refractivity contribution < 1.29 is 27.3 Å². The number of halogens is 2. The molecule has 3 aromatic rings. The predicted octanol–water partition coefficient (Wildman–Crippen LogP) is 4.07. The van der Waals surface area contributed by atoms with Crippen molar-refractivity contribution in [3.05, 3.63) is 81.0 Å². The molecule has 1 aliphatic heterocycles. The van der Waals surface area contributed by atoms with Gasteiger partial charge in [0, 0.05) is 34.6 Å². The molecule has 2 N–H and O–H groups in total. The minimum atomic E-state index is -3.59. The molecule has 41 heavy (non-hydrogen) atoms. The van der Waals surface area contributed by atoms with E-state index in [1.165, 1.54) is 0 Å². The van der Waals surface area contributed by atoms with Crippen molar-refractivity contribution in [1.82, 2.24) is 25.3 Å². The number of nitrogens with zero attached hydrogens (tertiary/aromatic N) is 3. The summed E-state index contributed by atoms with van der Waals surface area (Å²) >= 11 is 12.9. The SMILES string of the molecule is Cc1nnc(CONC(=O)[C@@H]2c3ccccc3C(=O)N([C@H]3CCCC[C@@H]3NS(C)(=O)=O)[C@H]2c2ccc(Cl)cc2Cl)o1. The Labute approximate surface area is 247 Å². The van der Waals surface area contributed by atoms with E-state index in [1.807, 2.05) is 0 Å². The second kappa shape index (κ2) is 12.1. The Bertz CT molecular complexity index is 1560. The van der Waals surface area contributed by atoms with Crippen molar-refractivity contribution in [3.8, 4) is 0 Å². The minimum absolute atomic E-state index is 0.168. The van der Waals surface area contributed by atoms with Crippen LogP contribution in [-0.2, 0) is 26.3 Å². The molecule has 1 fully saturated rings. The number of hydroxylamine groups is 1. The molecule has 0 bridgehead atoms. The second-order valence-electron chi connectivity index (χ2n) is 10.2. The van der Waals surface area contributed by atoms with Crippen molar-refractivity contribution in [2.45, 2.75) is 63.3 Å². The van der Waals surface area contributed by atoms with Gasteiger partial charge in [-0.25, -0.2) is 18.6 Å². The molecule has 0 saturated heterocycles. The van der Waals surface area contributed by atoms with Crippen LogP contribution < -0.4 is 10.2 Å². The van der Waals surface area contributed by atoms with Crippen LogP contribution in [0.5, 0.6) is 0 Å². The molecule has 11 nitrogen and oxygen atoms in total. The van der Waals surface area contributed by atoms with Gasteiger partial charge in [0.05, 0.1) is 18.2 Å². The van der Waals surface area contributed by atoms with Crippen LogP contribution in [0.15, 0.2) is 46.9 Å². The van der Waals surface area contributed by atoms with Crippen LogP contribution in [0.1, 0.15) is 70.9 Å². The monoisotopic (exact) mass is 621 g/mol. The van der Waals surface area contributed by atoms with E-state index in [-0.39, 0.29) is 23.4 Å². The lowest BCUT2D eigenvalue weighted by Gasteiger charge is -2.49. The molecule has 218 valence electrons. The van der Waals surface area contributed by atoms with Crippen molar-refractivity contribution in [2.75, 3.05) is 6.26 Å². The Kier molecular flexibility index (Phi) is 8.67. The van der Waals surface area contributed by atoms with Gasteiger partial charge in [0.25, 0.3) is 11.8 Å². The van der Waals surface area contributed by atoms with Crippen molar-refractivity contribution >= 4 is 45.0 Å². The number of nitrogens with one attached hydrogen (secondary N) is 2. The zero-order chi connectivity index (χ0) is 29.3. The zero-order valence-corrected chi connectivity index (χ0v) is 24.7. The number of aromatic nitrogens is 2. The van der Waals surface area contributed by atoms with E-state index < -0.39 is 40.0 Å². The van der Waals surface area contributed by atoms with Crippen molar-refractivity contribution in [1.29, 1.82) is 0 Å². The maximum Gasteiger partial charge on any atom is 0.255 e. The minimum Gasteiger partial charge on any atom is -0.423 e. The number of benzene rings is 2. The van der Waals surface area contributed by atoms with Gasteiger partial charge in [-0.3, -0.25) is 14.4 Å². The molecular weight excluding hydrogens is 593 g/mol. The van der Waals surface area contributed by atoms with Gasteiger partial charge >= 0.3 is 0 Å². The van der Waals surface area contributed by atoms with Crippen LogP contribution >= 0.6 is 23.2 Å². The van der Waals surface area contributed by atoms with Gasteiger partial charge in [-0.1, -0.05) is 60.3 Å². The van der Waals surface area contributed by atoms with E-state index in [1.54, 1.807) is 54.3 Å². The van der Waals surface area contributed by atoms with Gasteiger partial charge in [0.1, 0.15) is 0 Å². The largest absolute Gasteiger partial charge is 0.423 e. The fourth-order valence-corrected chi connectivity index (χ4v) is 7.10. The first-order valence-corrected chi connectivity index (χ1v) is 15.7. The van der Waals surface area contributed by atoms with Crippen LogP contribution in [0.2, 0.25) is 10.0 Å². The molecule has 1 saturated carbocycles. The Morgan fingerprint density at radius 3 is 2.59 bits per heavy atom. The molecule has 0 unspecified atom stereocenters. The molecule has 2 heterocycles. The number of fused-ring (bicyclic) bond motifs is 1. The number of sulfonamides is 1. The molecule has 4 atom stereocenters. The molecule has 1 aliphatic carbocycles. The fourth-order valence-electron chi connectivity index (χ4n) is 5.76. The van der Waals surface area contributed by atoms with E-state index in [0.717, 1.165) is 19.1 Å². The number of hydrogen-bond donors (Lipinski definition) is 2. The lowest BCUT2D eigenvalue weighted by molar-refractivity contribution is -0.138. The van der Waals surface area contributed by atoms with Crippen LogP contribution in [0.25, 0.3) is 0 Å². The van der Waals surface area contributed by atoms with Gasteiger partial charge in [-0.2, -0.15) is 0 Å². The normalized spacial score (nSPS) is 22.8. The number of hydrogen-bond acceptors (Lipinski definition) is 8. The maximum atomic E-state index is 14.2. The van der Waals surface area contributed by atoms with E-state index >= 15 is 0 Å². The summed E-state index contributed by atoms with van der Waals surface area (Å²) in [4.78, 5) is 35.3. The molecule has 2 amide bonds. The summed E-state index contributed by atoms with van der Waals surface area (Å²) in [6.07, 6.45) is 3.74. The summed E-state index contributed by atoms with van der Waals surface area (Å²) in [6, 6.07) is 9.74. The summed E-state index contributed by atoms with van der Waals surface area (Å²) < 4.78 is 32.7. The van der Waals surface area contributed by atoms with E-state index in [4.69, 9.17) is 32.5 Å². The fraction of sp³-hybridized carbons (Fsp3) is 0.407. The smallest absolute Gasteiger partial charge is 0.255 e. The van der Waals surface area contributed by atoms with Gasteiger partial charge < -0.3 is 9.32 Å². The third kappa shape index (κ3) is 6.41. The molecule has 1 aromatic heterocycles. The third-order valence-corrected chi connectivity index (χ3v) is 8.62. The molecule has 2 aliphatic rings. The number of carbonyl (C=O) groups is 2. The highest BCUT2D eigenvalue weighted by Gasteiger charge is 2.49. The third-order valence-electron chi connectivity index (χ3n) is 7.33. The molecule has 0 spiro atoms. The Hall–Kier alpha value is -3.03. The summed E-state index contributed by atoms with van der Waals surface area (Å²) in [6.45, 7) is 1.47. The Balaban J connectivity index is 1.60. The summed E-state index contributed by atoms with van der Waals surface area (Å²) in [5.74, 6) is -1.29. The molecule has 14 heteroatoms. The Morgan fingerprint density at radius 1 is 1.12 bits per heavy atom. The van der Waals surface area contributed by atoms with Crippen LogP contribution in [0, 0.1) is 6.92 Å². The van der Waals surface area contributed by atoms with Gasteiger partial charge in [0.15, 0.2) is 6.61 Å². The van der Waals surface area contributed by atoms with Gasteiger partial charge in [-0.05, 0) is 42.2 Å². The summed E-state index contributed by atoms with van der Waals surface area (Å²) in [5, 5.41) is 8.27. The predicted molar refractivity (Wildman–Crippen MR) is 151 cm³/mol. The first-order valence-electron chi connectivity index (χ1n) is 13.1. The average Bonchev–Trinajstić information content (AvgIpc) is 3.33. The second-order valence-corrected chi connectivity index (χ2v) is 12.8. The van der Waals surface area contributed by atoms with Crippen molar-refractivity contribution in [3.63, 3.8) is 0 Å².